The normalized spacial score (nSPS) is 12.6. The summed E-state index contributed by atoms with van der Waals surface area (Å²) in [6.07, 6.45) is 1.13. The number of nitrogens with one attached hydrogen (secondary N) is 3. The molecule has 0 radical (unpaired) electrons. The lowest BCUT2D eigenvalue weighted by molar-refractivity contribution is -0.116. The second-order valence-electron chi connectivity index (χ2n) is 6.33. The Morgan fingerprint density at radius 2 is 1.96 bits per heavy atom. The first-order valence-electron chi connectivity index (χ1n) is 9.20. The average Bonchev–Trinajstić information content (AvgIpc) is 3.14. The van der Waals surface area contributed by atoms with Gasteiger partial charge < -0.3 is 25.4 Å². The fourth-order valence-corrected chi connectivity index (χ4v) is 2.75. The Kier molecular flexibility index (Phi) is 6.67. The third-order valence-corrected chi connectivity index (χ3v) is 4.17. The third kappa shape index (κ3) is 5.60. The number of hydrogen-bond donors (Lipinski definition) is 3. The number of hydrogen-bond acceptors (Lipinski definition) is 5. The van der Waals surface area contributed by atoms with Gasteiger partial charge in [0.15, 0.2) is 17.5 Å². The topological polar surface area (TPSA) is 96.9 Å². The van der Waals surface area contributed by atoms with Crippen molar-refractivity contribution in [3.63, 3.8) is 0 Å². The van der Waals surface area contributed by atoms with E-state index in [4.69, 9.17) is 9.47 Å². The molecule has 0 unspecified atom stereocenters. The Morgan fingerprint density at radius 3 is 2.79 bits per heavy atom. The number of guanidine groups is 1. The predicted octanol–water partition coefficient (Wildman–Crippen LogP) is 1.86. The monoisotopic (exact) mass is 383 g/mol. The number of aliphatic imine (C=N–C) groups is 1. The summed E-state index contributed by atoms with van der Waals surface area (Å²) in [6, 6.07) is 11.5. The number of nitrogens with zero attached hydrogens (tertiary/aromatic N) is 2. The van der Waals surface area contributed by atoms with Crippen molar-refractivity contribution in [2.45, 2.75) is 19.8 Å². The van der Waals surface area contributed by atoms with Crippen molar-refractivity contribution < 1.29 is 14.3 Å². The van der Waals surface area contributed by atoms with Gasteiger partial charge in [-0.05, 0) is 43.2 Å². The van der Waals surface area contributed by atoms with Crippen molar-refractivity contribution in [2.24, 2.45) is 4.99 Å². The largest absolute Gasteiger partial charge is 0.454 e. The molecule has 1 aromatic carbocycles. The summed E-state index contributed by atoms with van der Waals surface area (Å²) < 4.78 is 10.7. The first-order chi connectivity index (χ1) is 13.6. The molecule has 8 nitrogen and oxygen atoms in total. The van der Waals surface area contributed by atoms with Gasteiger partial charge in [-0.15, -0.1) is 0 Å². The lowest BCUT2D eigenvalue weighted by Crippen LogP contribution is -2.39. The van der Waals surface area contributed by atoms with E-state index in [-0.39, 0.29) is 12.7 Å². The van der Waals surface area contributed by atoms with Crippen molar-refractivity contribution >= 4 is 17.7 Å². The third-order valence-electron chi connectivity index (χ3n) is 4.17. The molecular weight excluding hydrogens is 358 g/mol. The first kappa shape index (κ1) is 19.5. The van der Waals surface area contributed by atoms with Crippen LogP contribution in [0.5, 0.6) is 11.5 Å². The highest BCUT2D eigenvalue weighted by Crippen LogP contribution is 2.32. The van der Waals surface area contributed by atoms with E-state index in [9.17, 15) is 4.79 Å². The lowest BCUT2D eigenvalue weighted by atomic mass is 10.1. The summed E-state index contributed by atoms with van der Waals surface area (Å²) in [4.78, 5) is 20.4. The number of amides is 1. The van der Waals surface area contributed by atoms with E-state index < -0.39 is 0 Å². The molecule has 2 aromatic rings. The molecule has 1 amide bonds. The van der Waals surface area contributed by atoms with Crippen molar-refractivity contribution in [3.05, 3.63) is 47.7 Å². The summed E-state index contributed by atoms with van der Waals surface area (Å²) in [5, 5.41) is 9.16. The predicted molar refractivity (Wildman–Crippen MR) is 108 cm³/mol. The highest BCUT2D eigenvalue weighted by Gasteiger charge is 2.13. The lowest BCUT2D eigenvalue weighted by Gasteiger charge is -2.12. The zero-order valence-corrected chi connectivity index (χ0v) is 16.1. The zero-order chi connectivity index (χ0) is 19.8. The second kappa shape index (κ2) is 9.59. The molecule has 0 fully saturated rings. The number of anilines is 1. The van der Waals surface area contributed by atoms with Crippen LogP contribution in [-0.4, -0.2) is 43.8 Å². The van der Waals surface area contributed by atoms with Crippen LogP contribution in [0.3, 0.4) is 0 Å². The van der Waals surface area contributed by atoms with Gasteiger partial charge in [0.05, 0.1) is 0 Å². The van der Waals surface area contributed by atoms with Crippen molar-refractivity contribution in [2.75, 3.05) is 32.2 Å². The minimum absolute atomic E-state index is 0.0959. The standard InChI is InChI=1S/C20H25N5O3/c1-14-4-3-5-18(24-14)25-19(26)9-11-23-20(21-2)22-10-8-15-6-7-16-17(12-15)28-13-27-16/h3-7,12H,8-11,13H2,1-2H3,(H2,21,22,23)(H,24,25,26). The van der Waals surface area contributed by atoms with E-state index in [0.29, 0.717) is 31.3 Å². The minimum Gasteiger partial charge on any atom is -0.454 e. The van der Waals surface area contributed by atoms with Crippen LogP contribution in [0.2, 0.25) is 0 Å². The van der Waals surface area contributed by atoms with Gasteiger partial charge in [0.1, 0.15) is 5.82 Å². The van der Waals surface area contributed by atoms with Gasteiger partial charge in [-0.1, -0.05) is 12.1 Å². The molecule has 148 valence electrons. The quantitative estimate of drug-likeness (QED) is 0.499. The average molecular weight is 383 g/mol. The summed E-state index contributed by atoms with van der Waals surface area (Å²) in [7, 11) is 1.70. The maximum absolute atomic E-state index is 12.0. The van der Waals surface area contributed by atoms with Crippen molar-refractivity contribution in [1.82, 2.24) is 15.6 Å². The Hall–Kier alpha value is -3.29. The molecule has 0 atom stereocenters. The number of fused-ring (bicyclic) bond motifs is 1. The van der Waals surface area contributed by atoms with E-state index in [1.54, 1.807) is 13.1 Å². The maximum atomic E-state index is 12.0. The summed E-state index contributed by atoms with van der Waals surface area (Å²) in [6.45, 7) is 3.34. The van der Waals surface area contributed by atoms with Crippen LogP contribution in [0.25, 0.3) is 0 Å². The Bertz CT molecular complexity index is 853. The van der Waals surface area contributed by atoms with E-state index in [1.807, 2.05) is 37.3 Å². The molecule has 1 aliphatic heterocycles. The number of aromatic nitrogens is 1. The van der Waals surface area contributed by atoms with E-state index >= 15 is 0 Å². The fourth-order valence-electron chi connectivity index (χ4n) is 2.75. The van der Waals surface area contributed by atoms with Crippen molar-refractivity contribution in [1.29, 1.82) is 0 Å². The van der Waals surface area contributed by atoms with Gasteiger partial charge in [0, 0.05) is 32.3 Å². The number of pyridine rings is 1. The molecule has 1 aliphatic rings. The number of carbonyl (C=O) groups excluding carboxylic acids is 1. The zero-order valence-electron chi connectivity index (χ0n) is 16.1. The van der Waals surface area contributed by atoms with Gasteiger partial charge in [0.2, 0.25) is 12.7 Å². The Morgan fingerprint density at radius 1 is 1.14 bits per heavy atom. The molecule has 2 heterocycles. The molecule has 0 saturated carbocycles. The highest BCUT2D eigenvalue weighted by atomic mass is 16.7. The first-order valence-corrected chi connectivity index (χ1v) is 9.20. The van der Waals surface area contributed by atoms with Crippen LogP contribution in [-0.2, 0) is 11.2 Å². The smallest absolute Gasteiger partial charge is 0.231 e. The number of benzene rings is 1. The second-order valence-corrected chi connectivity index (χ2v) is 6.33. The van der Waals surface area contributed by atoms with E-state index in [1.165, 1.54) is 0 Å². The van der Waals surface area contributed by atoms with E-state index in [2.05, 4.69) is 25.9 Å². The molecule has 3 rings (SSSR count). The van der Waals surface area contributed by atoms with Crippen LogP contribution in [0.15, 0.2) is 41.4 Å². The van der Waals surface area contributed by atoms with Crippen LogP contribution < -0.4 is 25.4 Å². The Balaban J connectivity index is 1.36. The molecule has 3 N–H and O–H groups in total. The summed E-state index contributed by atoms with van der Waals surface area (Å²) >= 11 is 0. The fraction of sp³-hybridized carbons (Fsp3) is 0.350. The number of aryl methyl sites for hydroxylation is 1. The van der Waals surface area contributed by atoms with Gasteiger partial charge in [-0.3, -0.25) is 9.79 Å². The maximum Gasteiger partial charge on any atom is 0.231 e. The molecule has 0 spiro atoms. The van der Waals surface area contributed by atoms with Crippen molar-refractivity contribution in [3.8, 4) is 11.5 Å². The van der Waals surface area contributed by atoms with Crippen LogP contribution >= 0.6 is 0 Å². The molecule has 0 bridgehead atoms. The van der Waals surface area contributed by atoms with Gasteiger partial charge in [0.25, 0.3) is 0 Å². The summed E-state index contributed by atoms with van der Waals surface area (Å²) in [5.41, 5.74) is 2.01. The number of carbonyl (C=O) groups is 1. The molecule has 0 aliphatic carbocycles. The van der Waals surface area contributed by atoms with Crippen LogP contribution in [0.4, 0.5) is 5.82 Å². The van der Waals surface area contributed by atoms with E-state index in [0.717, 1.165) is 29.2 Å². The number of rotatable bonds is 7. The van der Waals surface area contributed by atoms with Gasteiger partial charge in [-0.2, -0.15) is 0 Å². The molecule has 1 aromatic heterocycles. The van der Waals surface area contributed by atoms with Gasteiger partial charge in [-0.25, -0.2) is 4.98 Å². The number of ether oxygens (including phenoxy) is 2. The molecule has 0 saturated heterocycles. The van der Waals surface area contributed by atoms with Crippen LogP contribution in [0.1, 0.15) is 17.7 Å². The highest BCUT2D eigenvalue weighted by molar-refractivity contribution is 5.90. The van der Waals surface area contributed by atoms with Crippen LogP contribution in [0, 0.1) is 6.92 Å². The Labute approximate surface area is 164 Å². The summed E-state index contributed by atoms with van der Waals surface area (Å²) in [5.74, 6) is 2.70. The minimum atomic E-state index is -0.0959. The van der Waals surface area contributed by atoms with Gasteiger partial charge >= 0.3 is 0 Å². The molecule has 28 heavy (non-hydrogen) atoms. The SMILES string of the molecule is CN=C(NCCC(=O)Nc1cccc(C)n1)NCCc1ccc2c(c1)OCO2. The molecular formula is C20H25N5O3. The molecule has 8 heteroatoms.